The minimum atomic E-state index is -0.247. The van der Waals surface area contributed by atoms with Crippen molar-refractivity contribution < 1.29 is 9.50 Å². The molecule has 1 aromatic rings. The number of hydrogen-bond donors (Lipinski definition) is 1. The van der Waals surface area contributed by atoms with Crippen molar-refractivity contribution >= 4 is 15.9 Å². The monoisotopic (exact) mass is 232 g/mol. The number of aliphatic hydroxyl groups is 1. The van der Waals surface area contributed by atoms with Crippen molar-refractivity contribution in [2.45, 2.75) is 12.8 Å². The topological polar surface area (TPSA) is 20.2 Å². The largest absolute Gasteiger partial charge is 0.396 e. The van der Waals surface area contributed by atoms with Crippen LogP contribution in [0.25, 0.3) is 0 Å². The van der Waals surface area contributed by atoms with Crippen LogP contribution >= 0.6 is 15.9 Å². The van der Waals surface area contributed by atoms with Gasteiger partial charge in [0.25, 0.3) is 0 Å². The van der Waals surface area contributed by atoms with Gasteiger partial charge in [-0.2, -0.15) is 0 Å². The summed E-state index contributed by atoms with van der Waals surface area (Å²) in [5, 5.41) is 8.57. The molecule has 0 unspecified atom stereocenters. The zero-order valence-electron chi connectivity index (χ0n) is 6.56. The van der Waals surface area contributed by atoms with E-state index in [0.717, 1.165) is 18.4 Å². The Kier molecular flexibility index (Phi) is 3.69. The molecular weight excluding hydrogens is 223 g/mol. The maximum Gasteiger partial charge on any atom is 0.137 e. The van der Waals surface area contributed by atoms with Crippen molar-refractivity contribution in [3.63, 3.8) is 0 Å². The van der Waals surface area contributed by atoms with Crippen molar-refractivity contribution in [3.05, 3.63) is 34.1 Å². The van der Waals surface area contributed by atoms with Gasteiger partial charge < -0.3 is 5.11 Å². The normalized spacial score (nSPS) is 10.2. The molecule has 0 heterocycles. The first-order chi connectivity index (χ1) is 5.74. The van der Waals surface area contributed by atoms with Gasteiger partial charge in [0.05, 0.1) is 4.47 Å². The summed E-state index contributed by atoms with van der Waals surface area (Å²) in [5.74, 6) is -0.247. The van der Waals surface area contributed by atoms with Gasteiger partial charge in [0.2, 0.25) is 0 Å². The third kappa shape index (κ3) is 2.57. The lowest BCUT2D eigenvalue weighted by molar-refractivity contribution is 0.288. The SMILES string of the molecule is OCCCc1ccc(F)c(Br)c1. The molecule has 0 amide bonds. The molecule has 0 aliphatic rings. The highest BCUT2D eigenvalue weighted by molar-refractivity contribution is 9.10. The first-order valence-corrected chi connectivity index (χ1v) is 4.58. The molecule has 0 aromatic heterocycles. The Balaban J connectivity index is 2.69. The van der Waals surface area contributed by atoms with Crippen molar-refractivity contribution in [3.8, 4) is 0 Å². The molecule has 1 rings (SSSR count). The Bertz CT molecular complexity index is 263. The van der Waals surface area contributed by atoms with Gasteiger partial charge in [-0.05, 0) is 46.5 Å². The van der Waals surface area contributed by atoms with Gasteiger partial charge >= 0.3 is 0 Å². The van der Waals surface area contributed by atoms with E-state index in [1.54, 1.807) is 12.1 Å². The Hall–Kier alpha value is -0.410. The number of halogens is 2. The maximum atomic E-state index is 12.7. The lowest BCUT2D eigenvalue weighted by Gasteiger charge is -2.00. The Morgan fingerprint density at radius 1 is 1.42 bits per heavy atom. The molecule has 0 saturated heterocycles. The summed E-state index contributed by atoms with van der Waals surface area (Å²) >= 11 is 3.10. The summed E-state index contributed by atoms with van der Waals surface area (Å²) in [6.07, 6.45) is 1.51. The summed E-state index contributed by atoms with van der Waals surface area (Å²) in [6, 6.07) is 4.90. The van der Waals surface area contributed by atoms with Gasteiger partial charge in [0, 0.05) is 6.61 Å². The fourth-order valence-corrected chi connectivity index (χ4v) is 1.40. The second kappa shape index (κ2) is 4.58. The van der Waals surface area contributed by atoms with E-state index in [1.807, 2.05) is 0 Å². The van der Waals surface area contributed by atoms with Crippen LogP contribution in [0.5, 0.6) is 0 Å². The molecular formula is C9H10BrFO. The Labute approximate surface area is 79.4 Å². The van der Waals surface area contributed by atoms with Crippen LogP contribution in [0.4, 0.5) is 4.39 Å². The van der Waals surface area contributed by atoms with Gasteiger partial charge in [-0.25, -0.2) is 4.39 Å². The quantitative estimate of drug-likeness (QED) is 0.850. The first kappa shape index (κ1) is 9.68. The predicted octanol–water partition coefficient (Wildman–Crippen LogP) is 2.51. The van der Waals surface area contributed by atoms with Crippen molar-refractivity contribution in [2.75, 3.05) is 6.61 Å². The van der Waals surface area contributed by atoms with Gasteiger partial charge in [-0.15, -0.1) is 0 Å². The van der Waals surface area contributed by atoms with E-state index in [4.69, 9.17) is 5.11 Å². The minimum absolute atomic E-state index is 0.176. The van der Waals surface area contributed by atoms with Crippen LogP contribution in [0, 0.1) is 5.82 Å². The summed E-state index contributed by atoms with van der Waals surface area (Å²) in [4.78, 5) is 0. The molecule has 66 valence electrons. The smallest absolute Gasteiger partial charge is 0.137 e. The predicted molar refractivity (Wildman–Crippen MR) is 49.5 cm³/mol. The molecule has 0 bridgehead atoms. The molecule has 0 spiro atoms. The molecule has 1 nitrogen and oxygen atoms in total. The molecule has 1 aromatic carbocycles. The average molecular weight is 233 g/mol. The fraction of sp³-hybridized carbons (Fsp3) is 0.333. The summed E-state index contributed by atoms with van der Waals surface area (Å²) in [5.41, 5.74) is 1.04. The van der Waals surface area contributed by atoms with E-state index in [2.05, 4.69) is 15.9 Å². The zero-order chi connectivity index (χ0) is 8.97. The minimum Gasteiger partial charge on any atom is -0.396 e. The van der Waals surface area contributed by atoms with E-state index >= 15 is 0 Å². The second-order valence-electron chi connectivity index (χ2n) is 2.58. The third-order valence-corrected chi connectivity index (χ3v) is 2.22. The van der Waals surface area contributed by atoms with E-state index in [-0.39, 0.29) is 12.4 Å². The van der Waals surface area contributed by atoms with E-state index < -0.39 is 0 Å². The van der Waals surface area contributed by atoms with Gasteiger partial charge in [0.1, 0.15) is 5.82 Å². The highest BCUT2D eigenvalue weighted by atomic mass is 79.9. The van der Waals surface area contributed by atoms with Crippen LogP contribution in [0.2, 0.25) is 0 Å². The third-order valence-electron chi connectivity index (χ3n) is 1.61. The van der Waals surface area contributed by atoms with Crippen LogP contribution in [-0.2, 0) is 6.42 Å². The first-order valence-electron chi connectivity index (χ1n) is 3.79. The number of aryl methyl sites for hydroxylation is 1. The Morgan fingerprint density at radius 3 is 2.75 bits per heavy atom. The molecule has 0 aliphatic carbocycles. The van der Waals surface area contributed by atoms with Crippen LogP contribution in [0.3, 0.4) is 0 Å². The van der Waals surface area contributed by atoms with Crippen molar-refractivity contribution in [1.29, 1.82) is 0 Å². The number of hydrogen-bond acceptors (Lipinski definition) is 1. The van der Waals surface area contributed by atoms with Gasteiger partial charge in [0.15, 0.2) is 0 Å². The maximum absolute atomic E-state index is 12.7. The van der Waals surface area contributed by atoms with Crippen LogP contribution in [0.15, 0.2) is 22.7 Å². The average Bonchev–Trinajstić information content (AvgIpc) is 2.07. The van der Waals surface area contributed by atoms with Crippen molar-refractivity contribution in [2.24, 2.45) is 0 Å². The molecule has 0 fully saturated rings. The summed E-state index contributed by atoms with van der Waals surface area (Å²) in [7, 11) is 0. The lowest BCUT2D eigenvalue weighted by atomic mass is 10.1. The van der Waals surface area contributed by atoms with Gasteiger partial charge in [-0.3, -0.25) is 0 Å². The highest BCUT2D eigenvalue weighted by Gasteiger charge is 1.99. The van der Waals surface area contributed by atoms with E-state index in [9.17, 15) is 4.39 Å². The molecule has 0 saturated carbocycles. The van der Waals surface area contributed by atoms with Crippen LogP contribution in [-0.4, -0.2) is 11.7 Å². The number of benzene rings is 1. The summed E-state index contributed by atoms with van der Waals surface area (Å²) in [6.45, 7) is 0.176. The Morgan fingerprint density at radius 2 is 2.17 bits per heavy atom. The van der Waals surface area contributed by atoms with E-state index in [0.29, 0.717) is 4.47 Å². The second-order valence-corrected chi connectivity index (χ2v) is 3.43. The molecule has 3 heteroatoms. The van der Waals surface area contributed by atoms with Gasteiger partial charge in [-0.1, -0.05) is 6.07 Å². The zero-order valence-corrected chi connectivity index (χ0v) is 8.14. The lowest BCUT2D eigenvalue weighted by Crippen LogP contribution is -1.90. The molecule has 0 aliphatic heterocycles. The number of aliphatic hydroxyl groups excluding tert-OH is 1. The molecule has 0 radical (unpaired) electrons. The number of rotatable bonds is 3. The standard InChI is InChI=1S/C9H10BrFO/c10-8-6-7(2-1-5-12)3-4-9(8)11/h3-4,6,12H,1-2,5H2. The molecule has 12 heavy (non-hydrogen) atoms. The van der Waals surface area contributed by atoms with Crippen LogP contribution in [0.1, 0.15) is 12.0 Å². The van der Waals surface area contributed by atoms with E-state index in [1.165, 1.54) is 6.07 Å². The van der Waals surface area contributed by atoms with Crippen molar-refractivity contribution in [1.82, 2.24) is 0 Å². The summed E-state index contributed by atoms with van der Waals surface area (Å²) < 4.78 is 13.2. The highest BCUT2D eigenvalue weighted by Crippen LogP contribution is 2.17. The molecule has 0 atom stereocenters. The fourth-order valence-electron chi connectivity index (χ4n) is 0.978. The van der Waals surface area contributed by atoms with Crippen LogP contribution < -0.4 is 0 Å². The molecule has 1 N–H and O–H groups in total.